The van der Waals surface area contributed by atoms with Crippen LogP contribution < -0.4 is 5.32 Å². The van der Waals surface area contributed by atoms with Crippen LogP contribution in [0.1, 0.15) is 21.1 Å². The average molecular weight is 299 g/mol. The molecule has 5 nitrogen and oxygen atoms in total. The lowest BCUT2D eigenvalue weighted by atomic mass is 10.1. The SMILES string of the molecule is Cc1nc(CNc2ncc(C(=O)O)c3ccccc23)cs1. The molecule has 0 atom stereocenters. The summed E-state index contributed by atoms with van der Waals surface area (Å²) in [5.41, 5.74) is 1.16. The standard InChI is InChI=1S/C15H13N3O2S/c1-9-18-10(8-21-9)6-16-14-12-5-3-2-4-11(12)13(7-17-14)15(19)20/h2-5,7-8H,6H2,1H3,(H,16,17)(H,19,20). The molecule has 0 saturated carbocycles. The van der Waals surface area contributed by atoms with E-state index in [1.54, 1.807) is 17.4 Å². The van der Waals surface area contributed by atoms with Crippen molar-refractivity contribution >= 4 is 33.9 Å². The molecule has 2 heterocycles. The van der Waals surface area contributed by atoms with Gasteiger partial charge in [-0.05, 0) is 6.92 Å². The number of nitrogens with zero attached hydrogens (tertiary/aromatic N) is 2. The first-order valence-electron chi connectivity index (χ1n) is 6.41. The summed E-state index contributed by atoms with van der Waals surface area (Å²) in [6, 6.07) is 7.35. The highest BCUT2D eigenvalue weighted by molar-refractivity contribution is 7.09. The van der Waals surface area contributed by atoms with Gasteiger partial charge in [0.05, 0.1) is 22.8 Å². The highest BCUT2D eigenvalue weighted by atomic mass is 32.1. The van der Waals surface area contributed by atoms with Gasteiger partial charge in [0.15, 0.2) is 0 Å². The number of benzene rings is 1. The van der Waals surface area contributed by atoms with Gasteiger partial charge in [0.1, 0.15) is 5.82 Å². The van der Waals surface area contributed by atoms with Crippen LogP contribution in [0.5, 0.6) is 0 Å². The molecule has 21 heavy (non-hydrogen) atoms. The lowest BCUT2D eigenvalue weighted by Gasteiger charge is -2.09. The molecule has 0 aliphatic rings. The van der Waals surface area contributed by atoms with Crippen molar-refractivity contribution in [2.45, 2.75) is 13.5 Å². The van der Waals surface area contributed by atoms with E-state index in [-0.39, 0.29) is 5.56 Å². The maximum atomic E-state index is 11.2. The maximum absolute atomic E-state index is 11.2. The zero-order valence-electron chi connectivity index (χ0n) is 11.3. The number of aryl methyl sites for hydroxylation is 1. The average Bonchev–Trinajstić information content (AvgIpc) is 2.90. The first kappa shape index (κ1) is 13.5. The summed E-state index contributed by atoms with van der Waals surface area (Å²) in [5, 5.41) is 16.9. The first-order chi connectivity index (χ1) is 10.1. The van der Waals surface area contributed by atoms with Crippen LogP contribution in [-0.4, -0.2) is 21.0 Å². The van der Waals surface area contributed by atoms with E-state index >= 15 is 0 Å². The van der Waals surface area contributed by atoms with Crippen molar-refractivity contribution < 1.29 is 9.90 Å². The smallest absolute Gasteiger partial charge is 0.337 e. The van der Waals surface area contributed by atoms with E-state index in [1.165, 1.54) is 6.20 Å². The fourth-order valence-electron chi connectivity index (χ4n) is 2.17. The molecule has 6 heteroatoms. The van der Waals surface area contributed by atoms with Gasteiger partial charge in [-0.2, -0.15) is 0 Å². The predicted molar refractivity (Wildman–Crippen MR) is 82.9 cm³/mol. The number of carboxylic acids is 1. The molecule has 1 aromatic carbocycles. The molecule has 0 bridgehead atoms. The molecule has 3 rings (SSSR count). The number of hydrogen-bond acceptors (Lipinski definition) is 5. The summed E-state index contributed by atoms with van der Waals surface area (Å²) < 4.78 is 0. The van der Waals surface area contributed by atoms with Crippen molar-refractivity contribution in [1.29, 1.82) is 0 Å². The number of pyridine rings is 1. The Balaban J connectivity index is 1.96. The van der Waals surface area contributed by atoms with E-state index in [0.29, 0.717) is 17.7 Å². The van der Waals surface area contributed by atoms with Crippen LogP contribution in [0.4, 0.5) is 5.82 Å². The molecule has 3 aromatic rings. The third-order valence-electron chi connectivity index (χ3n) is 3.13. The van der Waals surface area contributed by atoms with Crippen molar-refractivity contribution in [3.8, 4) is 0 Å². The minimum atomic E-state index is -0.972. The topological polar surface area (TPSA) is 75.1 Å². The lowest BCUT2D eigenvalue weighted by Crippen LogP contribution is -2.05. The van der Waals surface area contributed by atoms with Gasteiger partial charge >= 0.3 is 5.97 Å². The summed E-state index contributed by atoms with van der Waals surface area (Å²) in [5.74, 6) is -0.304. The molecule has 2 N–H and O–H groups in total. The van der Waals surface area contributed by atoms with Crippen molar-refractivity contribution in [2.75, 3.05) is 5.32 Å². The van der Waals surface area contributed by atoms with Crippen LogP contribution in [0.2, 0.25) is 0 Å². The number of rotatable bonds is 4. The Labute approximate surface area is 125 Å². The summed E-state index contributed by atoms with van der Waals surface area (Å²) in [6.07, 6.45) is 1.39. The quantitative estimate of drug-likeness (QED) is 0.773. The number of carbonyl (C=O) groups is 1. The zero-order valence-corrected chi connectivity index (χ0v) is 12.1. The Hall–Kier alpha value is -2.47. The molecule has 0 unspecified atom stereocenters. The molecular weight excluding hydrogens is 286 g/mol. The number of aromatic carboxylic acids is 1. The lowest BCUT2D eigenvalue weighted by molar-refractivity contribution is 0.0698. The third-order valence-corrected chi connectivity index (χ3v) is 3.95. The molecule has 0 aliphatic heterocycles. The van der Waals surface area contributed by atoms with Crippen LogP contribution in [0.15, 0.2) is 35.8 Å². The Morgan fingerprint density at radius 1 is 1.33 bits per heavy atom. The Morgan fingerprint density at radius 3 is 2.76 bits per heavy atom. The number of aromatic nitrogens is 2. The van der Waals surface area contributed by atoms with Gasteiger partial charge in [-0.25, -0.2) is 14.8 Å². The monoisotopic (exact) mass is 299 g/mol. The minimum absolute atomic E-state index is 0.209. The summed E-state index contributed by atoms with van der Waals surface area (Å²) in [7, 11) is 0. The van der Waals surface area contributed by atoms with Gasteiger partial charge in [-0.1, -0.05) is 24.3 Å². The van der Waals surface area contributed by atoms with Crippen molar-refractivity contribution in [2.24, 2.45) is 0 Å². The number of anilines is 1. The van der Waals surface area contributed by atoms with Crippen LogP contribution in [0.3, 0.4) is 0 Å². The number of nitrogens with one attached hydrogen (secondary N) is 1. The molecule has 2 aromatic heterocycles. The molecule has 0 amide bonds. The highest BCUT2D eigenvalue weighted by Crippen LogP contribution is 2.25. The van der Waals surface area contributed by atoms with E-state index in [0.717, 1.165) is 16.1 Å². The van der Waals surface area contributed by atoms with E-state index in [4.69, 9.17) is 0 Å². The fraction of sp³-hybridized carbons (Fsp3) is 0.133. The van der Waals surface area contributed by atoms with Gasteiger partial charge in [0, 0.05) is 22.3 Å². The zero-order chi connectivity index (χ0) is 14.8. The molecule has 0 spiro atoms. The summed E-state index contributed by atoms with van der Waals surface area (Å²) >= 11 is 1.60. The molecular formula is C15H13N3O2S. The van der Waals surface area contributed by atoms with Gasteiger partial charge in [0.2, 0.25) is 0 Å². The van der Waals surface area contributed by atoms with E-state index in [1.807, 2.05) is 30.5 Å². The fourth-order valence-corrected chi connectivity index (χ4v) is 2.78. The second-order valence-electron chi connectivity index (χ2n) is 4.58. The Morgan fingerprint density at radius 2 is 2.10 bits per heavy atom. The van der Waals surface area contributed by atoms with Gasteiger partial charge < -0.3 is 10.4 Å². The van der Waals surface area contributed by atoms with Crippen molar-refractivity contribution in [3.05, 3.63) is 52.1 Å². The van der Waals surface area contributed by atoms with Gasteiger partial charge in [-0.3, -0.25) is 0 Å². The molecule has 0 aliphatic carbocycles. The second kappa shape index (κ2) is 5.49. The van der Waals surface area contributed by atoms with Crippen molar-refractivity contribution in [3.63, 3.8) is 0 Å². The van der Waals surface area contributed by atoms with Crippen molar-refractivity contribution in [1.82, 2.24) is 9.97 Å². The molecule has 0 radical (unpaired) electrons. The second-order valence-corrected chi connectivity index (χ2v) is 5.64. The van der Waals surface area contributed by atoms with Crippen LogP contribution in [0, 0.1) is 6.92 Å². The van der Waals surface area contributed by atoms with Gasteiger partial charge in [-0.15, -0.1) is 11.3 Å². The molecule has 106 valence electrons. The predicted octanol–water partition coefficient (Wildman–Crippen LogP) is 3.31. The Bertz CT molecular complexity index is 814. The van der Waals surface area contributed by atoms with Crippen LogP contribution >= 0.6 is 11.3 Å². The highest BCUT2D eigenvalue weighted by Gasteiger charge is 2.12. The summed E-state index contributed by atoms with van der Waals surface area (Å²) in [4.78, 5) is 19.9. The van der Waals surface area contributed by atoms with Crippen LogP contribution in [-0.2, 0) is 6.54 Å². The normalized spacial score (nSPS) is 10.7. The summed E-state index contributed by atoms with van der Waals surface area (Å²) in [6.45, 7) is 2.53. The van der Waals surface area contributed by atoms with E-state index < -0.39 is 5.97 Å². The number of fused-ring (bicyclic) bond motifs is 1. The van der Waals surface area contributed by atoms with E-state index in [9.17, 15) is 9.90 Å². The maximum Gasteiger partial charge on any atom is 0.337 e. The van der Waals surface area contributed by atoms with Gasteiger partial charge in [0.25, 0.3) is 0 Å². The minimum Gasteiger partial charge on any atom is -0.478 e. The Kier molecular flexibility index (Phi) is 3.53. The first-order valence-corrected chi connectivity index (χ1v) is 7.29. The van der Waals surface area contributed by atoms with E-state index in [2.05, 4.69) is 15.3 Å². The largest absolute Gasteiger partial charge is 0.478 e. The third kappa shape index (κ3) is 2.71. The number of hydrogen-bond donors (Lipinski definition) is 2. The number of thiazole rings is 1. The van der Waals surface area contributed by atoms with Crippen LogP contribution in [0.25, 0.3) is 10.8 Å². The number of carboxylic acid groups (broad SMARTS) is 1. The molecule has 0 fully saturated rings. The molecule has 0 saturated heterocycles.